The maximum Gasteiger partial charge on any atom is 0.123 e. The van der Waals surface area contributed by atoms with Gasteiger partial charge in [-0.3, -0.25) is 0 Å². The van der Waals surface area contributed by atoms with Crippen molar-refractivity contribution in [1.29, 1.82) is 0 Å². The van der Waals surface area contributed by atoms with Gasteiger partial charge in [0.1, 0.15) is 5.75 Å². The van der Waals surface area contributed by atoms with Crippen LogP contribution in [0.3, 0.4) is 0 Å². The molecular weight excluding hydrogens is 316 g/mol. The molecule has 1 nitrogen and oxygen atoms in total. The zero-order valence-electron chi connectivity index (χ0n) is 16.0. The third-order valence-electron chi connectivity index (χ3n) is 5.36. The van der Waals surface area contributed by atoms with Gasteiger partial charge in [-0.25, -0.2) is 0 Å². The fourth-order valence-electron chi connectivity index (χ4n) is 4.04. The van der Waals surface area contributed by atoms with Crippen LogP contribution in [0, 0.1) is 6.92 Å². The molecule has 0 saturated heterocycles. The average molecular weight is 344 g/mol. The molecule has 0 unspecified atom stereocenters. The first-order valence-electron chi connectivity index (χ1n) is 9.58. The monoisotopic (exact) mass is 344 g/mol. The summed E-state index contributed by atoms with van der Waals surface area (Å²) < 4.78 is 0. The molecule has 0 radical (unpaired) electrons. The smallest absolute Gasteiger partial charge is 0.123 e. The van der Waals surface area contributed by atoms with Crippen molar-refractivity contribution in [2.45, 2.75) is 46.5 Å². The molecule has 0 spiro atoms. The quantitative estimate of drug-likeness (QED) is 0.581. The van der Waals surface area contributed by atoms with Crippen molar-refractivity contribution >= 4 is 0 Å². The zero-order valence-corrected chi connectivity index (χ0v) is 16.0. The molecule has 0 aliphatic carbocycles. The third kappa shape index (κ3) is 3.67. The molecule has 3 aromatic rings. The fourth-order valence-corrected chi connectivity index (χ4v) is 4.04. The predicted octanol–water partition coefficient (Wildman–Crippen LogP) is 6.01. The van der Waals surface area contributed by atoms with Gasteiger partial charge in [0.2, 0.25) is 0 Å². The van der Waals surface area contributed by atoms with Crippen LogP contribution in [0.15, 0.2) is 60.7 Å². The Balaban J connectivity index is 2.13. The first-order chi connectivity index (χ1) is 12.7. The summed E-state index contributed by atoms with van der Waals surface area (Å²) in [5.74, 6) is 0.497. The van der Waals surface area contributed by atoms with E-state index in [9.17, 15) is 5.11 Å². The fraction of sp³-hybridized carbons (Fsp3) is 0.280. The van der Waals surface area contributed by atoms with Crippen molar-refractivity contribution in [2.24, 2.45) is 0 Å². The lowest BCUT2D eigenvalue weighted by Crippen LogP contribution is -2.07. The molecule has 0 aliphatic rings. The number of hydrogen-bond donors (Lipinski definition) is 1. The van der Waals surface area contributed by atoms with Gasteiger partial charge >= 0.3 is 0 Å². The van der Waals surface area contributed by atoms with Crippen LogP contribution in [0.25, 0.3) is 0 Å². The van der Waals surface area contributed by atoms with E-state index in [-0.39, 0.29) is 0 Å². The number of phenolic OH excluding ortho intramolecular Hbond substituents is 1. The van der Waals surface area contributed by atoms with Crippen molar-refractivity contribution < 1.29 is 5.11 Å². The summed E-state index contributed by atoms with van der Waals surface area (Å²) in [5, 5.41) is 11.3. The van der Waals surface area contributed by atoms with E-state index in [1.165, 1.54) is 27.8 Å². The highest BCUT2D eigenvalue weighted by Crippen LogP contribution is 2.36. The van der Waals surface area contributed by atoms with Crippen LogP contribution in [0.5, 0.6) is 5.75 Å². The number of rotatable bonds is 6. The van der Waals surface area contributed by atoms with Crippen LogP contribution in [-0.4, -0.2) is 5.11 Å². The highest BCUT2D eigenvalue weighted by atomic mass is 16.3. The Kier molecular flexibility index (Phi) is 5.78. The zero-order chi connectivity index (χ0) is 18.5. The minimum atomic E-state index is 0.497. The number of phenols is 1. The Labute approximate surface area is 157 Å². The van der Waals surface area contributed by atoms with Crippen LogP contribution < -0.4 is 0 Å². The summed E-state index contributed by atoms with van der Waals surface area (Å²) >= 11 is 0. The highest BCUT2D eigenvalue weighted by Gasteiger charge is 2.20. The summed E-state index contributed by atoms with van der Waals surface area (Å²) in [6, 6.07) is 20.9. The molecule has 1 N–H and O–H groups in total. The lowest BCUT2D eigenvalue weighted by molar-refractivity contribution is 0.461. The predicted molar refractivity (Wildman–Crippen MR) is 110 cm³/mol. The maximum absolute atomic E-state index is 11.3. The normalized spacial score (nSPS) is 10.9. The SMILES string of the molecule is CCc1c(C)c(CC)c(Cc2ccccc2)c(O)c1Cc1ccccc1. The minimum absolute atomic E-state index is 0.497. The van der Waals surface area contributed by atoms with Crippen molar-refractivity contribution in [3.8, 4) is 5.75 Å². The average Bonchev–Trinajstić information content (AvgIpc) is 2.68. The second-order valence-corrected chi connectivity index (χ2v) is 6.92. The summed E-state index contributed by atoms with van der Waals surface area (Å²) in [6.45, 7) is 6.60. The van der Waals surface area contributed by atoms with E-state index < -0.39 is 0 Å². The summed E-state index contributed by atoms with van der Waals surface area (Å²) in [7, 11) is 0. The van der Waals surface area contributed by atoms with Gasteiger partial charge in [0.25, 0.3) is 0 Å². The molecule has 26 heavy (non-hydrogen) atoms. The van der Waals surface area contributed by atoms with E-state index in [2.05, 4.69) is 69.3 Å². The van der Waals surface area contributed by atoms with Crippen molar-refractivity contribution in [2.75, 3.05) is 0 Å². The van der Waals surface area contributed by atoms with Crippen molar-refractivity contribution in [3.05, 3.63) is 99.6 Å². The van der Waals surface area contributed by atoms with Gasteiger partial charge in [0, 0.05) is 24.0 Å². The molecule has 3 aromatic carbocycles. The molecule has 134 valence electrons. The van der Waals surface area contributed by atoms with E-state index in [0.717, 1.165) is 36.8 Å². The lowest BCUT2D eigenvalue weighted by Gasteiger charge is -2.22. The Morgan fingerprint density at radius 3 is 1.35 bits per heavy atom. The minimum Gasteiger partial charge on any atom is -0.507 e. The molecule has 0 aromatic heterocycles. The van der Waals surface area contributed by atoms with Gasteiger partial charge in [0.15, 0.2) is 0 Å². The molecule has 0 saturated carbocycles. The van der Waals surface area contributed by atoms with Crippen LogP contribution in [0.1, 0.15) is 52.8 Å². The molecule has 0 atom stereocenters. The van der Waals surface area contributed by atoms with Gasteiger partial charge < -0.3 is 5.11 Å². The van der Waals surface area contributed by atoms with E-state index in [4.69, 9.17) is 0 Å². The highest BCUT2D eigenvalue weighted by molar-refractivity contribution is 5.57. The van der Waals surface area contributed by atoms with Crippen molar-refractivity contribution in [3.63, 3.8) is 0 Å². The van der Waals surface area contributed by atoms with Gasteiger partial charge in [-0.05, 0) is 47.6 Å². The Bertz CT molecular complexity index is 793. The molecule has 3 rings (SSSR count). The first kappa shape index (κ1) is 18.3. The maximum atomic E-state index is 11.3. The van der Waals surface area contributed by atoms with Crippen LogP contribution in [0.2, 0.25) is 0 Å². The van der Waals surface area contributed by atoms with Crippen LogP contribution in [0.4, 0.5) is 0 Å². The van der Waals surface area contributed by atoms with E-state index in [1.807, 2.05) is 12.1 Å². The molecule has 0 fully saturated rings. The van der Waals surface area contributed by atoms with E-state index >= 15 is 0 Å². The van der Waals surface area contributed by atoms with Gasteiger partial charge in [0.05, 0.1) is 0 Å². The number of hydrogen-bond acceptors (Lipinski definition) is 1. The standard InChI is InChI=1S/C25H28O/c1-4-21-18(3)22(5-2)24(17-20-14-10-7-11-15-20)25(26)23(21)16-19-12-8-6-9-13-19/h6-15,26H,4-5,16-17H2,1-3H3. The Morgan fingerprint density at radius 1 is 0.615 bits per heavy atom. The second kappa shape index (κ2) is 8.23. The van der Waals surface area contributed by atoms with Crippen LogP contribution in [-0.2, 0) is 25.7 Å². The molecule has 1 heteroatoms. The molecule has 0 heterocycles. The van der Waals surface area contributed by atoms with E-state index in [1.54, 1.807) is 0 Å². The summed E-state index contributed by atoms with van der Waals surface area (Å²) in [6.07, 6.45) is 3.45. The first-order valence-corrected chi connectivity index (χ1v) is 9.58. The van der Waals surface area contributed by atoms with E-state index in [0.29, 0.717) is 5.75 Å². The summed E-state index contributed by atoms with van der Waals surface area (Å²) in [4.78, 5) is 0. The molecular formula is C25H28O. The lowest BCUT2D eigenvalue weighted by atomic mass is 9.84. The number of benzene rings is 3. The molecule has 0 amide bonds. The Hall–Kier alpha value is -2.54. The van der Waals surface area contributed by atoms with Gasteiger partial charge in [-0.15, -0.1) is 0 Å². The summed E-state index contributed by atoms with van der Waals surface area (Å²) in [5.41, 5.74) is 8.64. The van der Waals surface area contributed by atoms with Gasteiger partial charge in [-0.1, -0.05) is 74.5 Å². The second-order valence-electron chi connectivity index (χ2n) is 6.92. The Morgan fingerprint density at radius 2 is 1.00 bits per heavy atom. The molecule has 0 bridgehead atoms. The topological polar surface area (TPSA) is 20.2 Å². The third-order valence-corrected chi connectivity index (χ3v) is 5.36. The van der Waals surface area contributed by atoms with Gasteiger partial charge in [-0.2, -0.15) is 0 Å². The molecule has 0 aliphatic heterocycles. The largest absolute Gasteiger partial charge is 0.507 e. The van der Waals surface area contributed by atoms with Crippen LogP contribution >= 0.6 is 0 Å². The van der Waals surface area contributed by atoms with Crippen molar-refractivity contribution in [1.82, 2.24) is 0 Å². The number of aromatic hydroxyl groups is 1.